The highest BCUT2D eigenvalue weighted by molar-refractivity contribution is 7.99. The first-order valence-electron chi connectivity index (χ1n) is 6.86. The number of benzene rings is 1. The Hall–Kier alpha value is -0.550. The van der Waals surface area contributed by atoms with E-state index in [1.165, 1.54) is 10.5 Å². The lowest BCUT2D eigenvalue weighted by Gasteiger charge is -2.06. The second kappa shape index (κ2) is 11.3. The van der Waals surface area contributed by atoms with Crippen molar-refractivity contribution in [2.45, 2.75) is 24.8 Å². The smallest absolute Gasteiger partial charge is 0.0700 e. The van der Waals surface area contributed by atoms with Crippen molar-refractivity contribution < 1.29 is 9.47 Å². The summed E-state index contributed by atoms with van der Waals surface area (Å²) < 4.78 is 10.4. The lowest BCUT2D eigenvalue weighted by Crippen LogP contribution is -2.11. The lowest BCUT2D eigenvalue weighted by atomic mass is 10.2. The Kier molecular flexibility index (Phi) is 9.81. The van der Waals surface area contributed by atoms with Crippen molar-refractivity contribution in [2.24, 2.45) is 0 Å². The van der Waals surface area contributed by atoms with Crippen LogP contribution in [0.1, 0.15) is 18.9 Å². The zero-order valence-electron chi connectivity index (χ0n) is 12.0. The number of hydrogen-bond donors (Lipinski definition) is 1. The van der Waals surface area contributed by atoms with Gasteiger partial charge in [0.25, 0.3) is 0 Å². The van der Waals surface area contributed by atoms with Crippen LogP contribution >= 0.6 is 11.8 Å². The van der Waals surface area contributed by atoms with Gasteiger partial charge in [-0.15, -0.1) is 11.8 Å². The highest BCUT2D eigenvalue weighted by Gasteiger charge is 1.97. The predicted octanol–water partition coefficient (Wildman–Crippen LogP) is 2.94. The largest absolute Gasteiger partial charge is 0.382 e. The highest BCUT2D eigenvalue weighted by Crippen LogP contribution is 2.19. The molecule has 0 aliphatic heterocycles. The molecule has 3 nitrogen and oxygen atoms in total. The molecule has 0 aliphatic rings. The van der Waals surface area contributed by atoms with Crippen molar-refractivity contribution in [3.8, 4) is 0 Å². The third kappa shape index (κ3) is 8.26. The van der Waals surface area contributed by atoms with E-state index in [0.717, 1.165) is 31.9 Å². The van der Waals surface area contributed by atoms with Gasteiger partial charge in [0.1, 0.15) is 0 Å². The molecule has 1 N–H and O–H groups in total. The standard InChI is InChI=1S/C15H25NO2S/c1-3-16-13-14-6-4-7-15(12-14)19-11-5-8-18-10-9-17-2/h4,6-7,12,16H,3,5,8-11,13H2,1-2H3. The normalized spacial score (nSPS) is 10.8. The fourth-order valence-electron chi connectivity index (χ4n) is 1.61. The van der Waals surface area contributed by atoms with Gasteiger partial charge in [-0.05, 0) is 30.7 Å². The predicted molar refractivity (Wildman–Crippen MR) is 81.9 cm³/mol. The Morgan fingerprint density at radius 2 is 2.11 bits per heavy atom. The zero-order chi connectivity index (χ0) is 13.8. The summed E-state index contributed by atoms with van der Waals surface area (Å²) in [6, 6.07) is 8.73. The lowest BCUT2D eigenvalue weighted by molar-refractivity contribution is 0.0713. The zero-order valence-corrected chi connectivity index (χ0v) is 12.8. The summed E-state index contributed by atoms with van der Waals surface area (Å²) in [7, 11) is 1.69. The molecule has 0 spiro atoms. The van der Waals surface area contributed by atoms with Crippen molar-refractivity contribution in [1.29, 1.82) is 0 Å². The summed E-state index contributed by atoms with van der Waals surface area (Å²) in [5.74, 6) is 1.09. The minimum absolute atomic E-state index is 0.680. The summed E-state index contributed by atoms with van der Waals surface area (Å²) >= 11 is 1.89. The Bertz CT molecular complexity index is 334. The van der Waals surface area contributed by atoms with E-state index in [9.17, 15) is 0 Å². The van der Waals surface area contributed by atoms with Crippen LogP contribution in [0.5, 0.6) is 0 Å². The van der Waals surface area contributed by atoms with Crippen molar-refractivity contribution in [2.75, 3.05) is 39.2 Å². The number of hydrogen-bond acceptors (Lipinski definition) is 4. The maximum Gasteiger partial charge on any atom is 0.0700 e. The average Bonchev–Trinajstić information content (AvgIpc) is 2.44. The number of methoxy groups -OCH3 is 1. The number of thioether (sulfide) groups is 1. The highest BCUT2D eigenvalue weighted by atomic mass is 32.2. The molecule has 0 aliphatic carbocycles. The molecule has 0 saturated carbocycles. The van der Waals surface area contributed by atoms with Gasteiger partial charge in [0.15, 0.2) is 0 Å². The Morgan fingerprint density at radius 1 is 1.21 bits per heavy atom. The second-order valence-corrected chi connectivity index (χ2v) is 5.40. The van der Waals surface area contributed by atoms with E-state index < -0.39 is 0 Å². The topological polar surface area (TPSA) is 30.5 Å². The molecule has 108 valence electrons. The minimum atomic E-state index is 0.680. The molecule has 0 radical (unpaired) electrons. The summed E-state index contributed by atoms with van der Waals surface area (Å²) in [5, 5.41) is 3.35. The number of ether oxygens (including phenoxy) is 2. The van der Waals surface area contributed by atoms with Gasteiger partial charge in [-0.3, -0.25) is 0 Å². The minimum Gasteiger partial charge on any atom is -0.382 e. The number of nitrogens with one attached hydrogen (secondary N) is 1. The third-order valence-corrected chi connectivity index (χ3v) is 3.69. The van der Waals surface area contributed by atoms with E-state index in [-0.39, 0.29) is 0 Å². The van der Waals surface area contributed by atoms with Gasteiger partial charge in [-0.2, -0.15) is 0 Å². The first-order chi connectivity index (χ1) is 9.36. The van der Waals surface area contributed by atoms with Crippen LogP contribution in [0, 0.1) is 0 Å². The van der Waals surface area contributed by atoms with Crippen LogP contribution < -0.4 is 5.32 Å². The van der Waals surface area contributed by atoms with Crippen LogP contribution in [0.3, 0.4) is 0 Å². The van der Waals surface area contributed by atoms with Gasteiger partial charge >= 0.3 is 0 Å². The molecule has 0 heterocycles. The second-order valence-electron chi connectivity index (χ2n) is 4.23. The van der Waals surface area contributed by atoms with Crippen LogP contribution in [-0.4, -0.2) is 39.2 Å². The summed E-state index contributed by atoms with van der Waals surface area (Å²) in [5.41, 5.74) is 1.35. The first-order valence-corrected chi connectivity index (χ1v) is 7.84. The van der Waals surface area contributed by atoms with Gasteiger partial charge in [0.05, 0.1) is 13.2 Å². The monoisotopic (exact) mass is 283 g/mol. The maximum atomic E-state index is 5.44. The molecule has 0 amide bonds. The van der Waals surface area contributed by atoms with Crippen LogP contribution in [0.25, 0.3) is 0 Å². The molecular formula is C15H25NO2S. The summed E-state index contributed by atoms with van der Waals surface area (Å²) in [6.45, 7) is 6.27. The Morgan fingerprint density at radius 3 is 2.89 bits per heavy atom. The molecule has 0 aromatic heterocycles. The fourth-order valence-corrected chi connectivity index (χ4v) is 2.52. The fraction of sp³-hybridized carbons (Fsp3) is 0.600. The molecule has 19 heavy (non-hydrogen) atoms. The van der Waals surface area contributed by atoms with Gasteiger partial charge in [-0.25, -0.2) is 0 Å². The molecule has 1 aromatic carbocycles. The van der Waals surface area contributed by atoms with Crippen LogP contribution in [-0.2, 0) is 16.0 Å². The van der Waals surface area contributed by atoms with Crippen LogP contribution in [0.15, 0.2) is 29.2 Å². The molecule has 0 fully saturated rings. The van der Waals surface area contributed by atoms with Gasteiger partial charge in [-0.1, -0.05) is 19.1 Å². The maximum absolute atomic E-state index is 5.44. The molecule has 0 saturated heterocycles. The molecule has 0 bridgehead atoms. The molecule has 1 rings (SSSR count). The van der Waals surface area contributed by atoms with Crippen molar-refractivity contribution in [3.05, 3.63) is 29.8 Å². The molecule has 0 unspecified atom stereocenters. The van der Waals surface area contributed by atoms with E-state index >= 15 is 0 Å². The molecule has 0 atom stereocenters. The van der Waals surface area contributed by atoms with Crippen molar-refractivity contribution >= 4 is 11.8 Å². The Labute approximate surface area is 121 Å². The van der Waals surface area contributed by atoms with E-state index in [1.54, 1.807) is 7.11 Å². The van der Waals surface area contributed by atoms with E-state index in [1.807, 2.05) is 11.8 Å². The first kappa shape index (κ1) is 16.5. The summed E-state index contributed by atoms with van der Waals surface area (Å²) in [6.07, 6.45) is 1.08. The van der Waals surface area contributed by atoms with E-state index in [2.05, 4.69) is 36.5 Å². The SMILES string of the molecule is CCNCc1cccc(SCCCOCCOC)c1. The van der Waals surface area contributed by atoms with Crippen molar-refractivity contribution in [1.82, 2.24) is 5.32 Å². The number of rotatable bonds is 11. The van der Waals surface area contributed by atoms with Gasteiger partial charge < -0.3 is 14.8 Å². The molecular weight excluding hydrogens is 258 g/mol. The van der Waals surface area contributed by atoms with Crippen molar-refractivity contribution in [3.63, 3.8) is 0 Å². The third-order valence-electron chi connectivity index (χ3n) is 2.61. The summed E-state index contributed by atoms with van der Waals surface area (Å²) in [4.78, 5) is 1.34. The molecule has 4 heteroatoms. The Balaban J connectivity index is 2.14. The molecule has 1 aromatic rings. The van der Waals surface area contributed by atoms with E-state index in [0.29, 0.717) is 13.2 Å². The average molecular weight is 283 g/mol. The quantitative estimate of drug-likeness (QED) is 0.500. The van der Waals surface area contributed by atoms with E-state index in [4.69, 9.17) is 9.47 Å². The van der Waals surface area contributed by atoms with Gasteiger partial charge in [0.2, 0.25) is 0 Å². The van der Waals surface area contributed by atoms with Crippen LogP contribution in [0.4, 0.5) is 0 Å². The van der Waals surface area contributed by atoms with Gasteiger partial charge in [0, 0.05) is 30.9 Å². The van der Waals surface area contributed by atoms with Crippen LogP contribution in [0.2, 0.25) is 0 Å².